The van der Waals surface area contributed by atoms with E-state index in [-0.39, 0.29) is 11.6 Å². The second kappa shape index (κ2) is 4.91. The van der Waals surface area contributed by atoms with Crippen molar-refractivity contribution in [1.82, 2.24) is 9.97 Å². The lowest BCUT2D eigenvalue weighted by Crippen LogP contribution is -2.16. The van der Waals surface area contributed by atoms with Crippen LogP contribution in [0.15, 0.2) is 48.5 Å². The average Bonchev–Trinajstić information content (AvgIpc) is 3.06. The van der Waals surface area contributed by atoms with Crippen LogP contribution in [0.1, 0.15) is 33.0 Å². The van der Waals surface area contributed by atoms with Crippen molar-refractivity contribution < 1.29 is 9.59 Å². The highest BCUT2D eigenvalue weighted by atomic mass is 16.2. The molecule has 0 spiro atoms. The van der Waals surface area contributed by atoms with Gasteiger partial charge < -0.3 is 4.98 Å². The van der Waals surface area contributed by atoms with Crippen LogP contribution in [0.5, 0.6) is 0 Å². The Morgan fingerprint density at radius 3 is 2.23 bits per heavy atom. The molecule has 4 heteroatoms. The lowest BCUT2D eigenvalue weighted by atomic mass is 9.98. The lowest BCUT2D eigenvalue weighted by Gasteiger charge is -2.04. The fourth-order valence-electron chi connectivity index (χ4n) is 3.07. The normalized spacial score (nSPS) is 14.7. The minimum atomic E-state index is -0.564. The number of nitrogens with zero attached hydrogens (tertiary/aromatic N) is 1. The number of imidazole rings is 1. The van der Waals surface area contributed by atoms with Gasteiger partial charge in [-0.2, -0.15) is 0 Å². The zero-order valence-electron chi connectivity index (χ0n) is 11.9. The molecule has 0 saturated heterocycles. The van der Waals surface area contributed by atoms with E-state index in [2.05, 4.69) is 9.97 Å². The van der Waals surface area contributed by atoms with Crippen molar-refractivity contribution in [2.24, 2.45) is 5.92 Å². The molecule has 0 atom stereocenters. The molecule has 1 aliphatic carbocycles. The van der Waals surface area contributed by atoms with Crippen LogP contribution in [0.2, 0.25) is 0 Å². The van der Waals surface area contributed by atoms with E-state index < -0.39 is 5.92 Å². The summed E-state index contributed by atoms with van der Waals surface area (Å²) >= 11 is 0. The Balaban J connectivity index is 1.55. The maximum absolute atomic E-state index is 12.3. The number of Topliss-reactive ketones (excluding diaryl/α,β-unsaturated/α-hetero) is 2. The number of H-pyrrole nitrogens is 1. The van der Waals surface area contributed by atoms with E-state index in [0.717, 1.165) is 16.9 Å². The molecule has 108 valence electrons. The van der Waals surface area contributed by atoms with Gasteiger partial charge in [0, 0.05) is 17.5 Å². The molecule has 1 heterocycles. The van der Waals surface area contributed by atoms with Gasteiger partial charge in [-0.25, -0.2) is 4.98 Å². The Morgan fingerprint density at radius 1 is 0.909 bits per heavy atom. The van der Waals surface area contributed by atoms with Crippen molar-refractivity contribution in [2.45, 2.75) is 12.8 Å². The minimum absolute atomic E-state index is 0.0586. The molecule has 0 bridgehead atoms. The molecule has 3 aromatic rings. The quantitative estimate of drug-likeness (QED) is 0.753. The summed E-state index contributed by atoms with van der Waals surface area (Å²) in [6.45, 7) is 0. The number of aromatic amines is 1. The third-order valence-electron chi connectivity index (χ3n) is 4.20. The van der Waals surface area contributed by atoms with Crippen LogP contribution in [0.3, 0.4) is 0 Å². The number of fused-ring (bicyclic) bond motifs is 2. The molecule has 1 aromatic heterocycles. The van der Waals surface area contributed by atoms with Gasteiger partial charge in [-0.15, -0.1) is 0 Å². The van der Waals surface area contributed by atoms with Crippen LogP contribution in [0.25, 0.3) is 11.0 Å². The molecule has 0 radical (unpaired) electrons. The van der Waals surface area contributed by atoms with Gasteiger partial charge >= 0.3 is 0 Å². The highest BCUT2D eigenvalue weighted by Gasteiger charge is 2.37. The third-order valence-corrected chi connectivity index (χ3v) is 4.20. The summed E-state index contributed by atoms with van der Waals surface area (Å²) < 4.78 is 0. The second-order valence-electron chi connectivity index (χ2n) is 5.57. The van der Waals surface area contributed by atoms with E-state index in [9.17, 15) is 9.59 Å². The topological polar surface area (TPSA) is 62.8 Å². The first-order valence-corrected chi connectivity index (χ1v) is 7.35. The highest BCUT2D eigenvalue weighted by molar-refractivity contribution is 6.26. The van der Waals surface area contributed by atoms with Crippen LogP contribution in [-0.2, 0) is 6.42 Å². The number of ketones is 2. The average molecular weight is 290 g/mol. The van der Waals surface area contributed by atoms with Gasteiger partial charge in [-0.05, 0) is 18.6 Å². The number of carbonyl (C=O) groups is 2. The summed E-state index contributed by atoms with van der Waals surface area (Å²) in [5.41, 5.74) is 3.00. The van der Waals surface area contributed by atoms with E-state index >= 15 is 0 Å². The van der Waals surface area contributed by atoms with Crippen molar-refractivity contribution in [2.75, 3.05) is 0 Å². The van der Waals surface area contributed by atoms with Crippen LogP contribution in [-0.4, -0.2) is 21.5 Å². The number of benzene rings is 2. The molecule has 0 fully saturated rings. The standard InChI is InChI=1S/C18H14N2O2/c21-17-11-5-1-2-6-12(11)18(22)13(17)9-10-16-19-14-7-3-4-8-15(14)20-16/h1-8,13H,9-10H2,(H,19,20). The highest BCUT2D eigenvalue weighted by Crippen LogP contribution is 2.29. The summed E-state index contributed by atoms with van der Waals surface area (Å²) in [7, 11) is 0. The van der Waals surface area contributed by atoms with Crippen LogP contribution < -0.4 is 0 Å². The number of hydrogen-bond acceptors (Lipinski definition) is 3. The van der Waals surface area contributed by atoms with Gasteiger partial charge in [0.2, 0.25) is 0 Å². The van der Waals surface area contributed by atoms with Gasteiger partial charge in [-0.1, -0.05) is 36.4 Å². The van der Waals surface area contributed by atoms with Crippen LogP contribution >= 0.6 is 0 Å². The predicted molar refractivity (Wildman–Crippen MR) is 83.0 cm³/mol. The van der Waals surface area contributed by atoms with Gasteiger partial charge in [-0.3, -0.25) is 9.59 Å². The first-order valence-electron chi connectivity index (χ1n) is 7.35. The molecule has 1 N–H and O–H groups in total. The monoisotopic (exact) mass is 290 g/mol. The zero-order valence-corrected chi connectivity index (χ0v) is 11.9. The Labute approximate surface area is 127 Å². The fraction of sp³-hybridized carbons (Fsp3) is 0.167. The summed E-state index contributed by atoms with van der Waals surface area (Å²) in [5.74, 6) is 0.136. The summed E-state index contributed by atoms with van der Waals surface area (Å²) in [6.07, 6.45) is 1.08. The molecule has 0 unspecified atom stereocenters. The SMILES string of the molecule is O=C1c2ccccc2C(=O)C1CCc1nc2ccccc2[nH]1. The molecular formula is C18H14N2O2. The molecule has 4 rings (SSSR count). The number of aromatic nitrogens is 2. The Kier molecular flexibility index (Phi) is 2.89. The fourth-order valence-corrected chi connectivity index (χ4v) is 3.07. The van der Waals surface area contributed by atoms with Crippen molar-refractivity contribution in [3.8, 4) is 0 Å². The van der Waals surface area contributed by atoms with Gasteiger partial charge in [0.05, 0.1) is 17.0 Å². The first kappa shape index (κ1) is 13.0. The molecule has 2 aromatic carbocycles. The predicted octanol–water partition coefficient (Wildman–Crippen LogP) is 3.19. The first-order chi connectivity index (χ1) is 10.7. The number of para-hydroxylation sites is 2. The molecule has 0 aliphatic heterocycles. The molecule has 0 saturated carbocycles. The summed E-state index contributed by atoms with van der Waals surface area (Å²) in [5, 5.41) is 0. The van der Waals surface area contributed by atoms with E-state index in [1.807, 2.05) is 24.3 Å². The van der Waals surface area contributed by atoms with Crippen molar-refractivity contribution in [3.63, 3.8) is 0 Å². The Bertz CT molecular complexity index is 827. The number of hydrogen-bond donors (Lipinski definition) is 1. The summed E-state index contributed by atoms with van der Waals surface area (Å²) in [6, 6.07) is 14.9. The zero-order chi connectivity index (χ0) is 15.1. The summed E-state index contributed by atoms with van der Waals surface area (Å²) in [4.78, 5) is 32.4. The van der Waals surface area contributed by atoms with Crippen molar-refractivity contribution >= 4 is 22.6 Å². The van der Waals surface area contributed by atoms with E-state index in [1.54, 1.807) is 24.3 Å². The molecule has 22 heavy (non-hydrogen) atoms. The maximum atomic E-state index is 12.3. The second-order valence-corrected chi connectivity index (χ2v) is 5.57. The molecule has 4 nitrogen and oxygen atoms in total. The van der Waals surface area contributed by atoms with E-state index in [4.69, 9.17) is 0 Å². The maximum Gasteiger partial charge on any atom is 0.174 e. The van der Waals surface area contributed by atoms with E-state index in [1.165, 1.54) is 0 Å². The Morgan fingerprint density at radius 2 is 1.55 bits per heavy atom. The largest absolute Gasteiger partial charge is 0.342 e. The smallest absolute Gasteiger partial charge is 0.174 e. The van der Waals surface area contributed by atoms with Crippen LogP contribution in [0.4, 0.5) is 0 Å². The minimum Gasteiger partial charge on any atom is -0.342 e. The van der Waals surface area contributed by atoms with Gasteiger partial charge in [0.1, 0.15) is 5.82 Å². The lowest BCUT2D eigenvalue weighted by molar-refractivity contribution is 0.0831. The number of aryl methyl sites for hydroxylation is 1. The van der Waals surface area contributed by atoms with E-state index in [0.29, 0.717) is 24.0 Å². The van der Waals surface area contributed by atoms with Crippen molar-refractivity contribution in [1.29, 1.82) is 0 Å². The van der Waals surface area contributed by atoms with Crippen molar-refractivity contribution in [3.05, 3.63) is 65.5 Å². The molecule has 1 aliphatic rings. The third kappa shape index (κ3) is 1.96. The van der Waals surface area contributed by atoms with Crippen LogP contribution in [0, 0.1) is 5.92 Å². The number of rotatable bonds is 3. The van der Waals surface area contributed by atoms with Gasteiger partial charge in [0.25, 0.3) is 0 Å². The molecular weight excluding hydrogens is 276 g/mol. The molecule has 0 amide bonds. The number of nitrogens with one attached hydrogen (secondary N) is 1. The number of carbonyl (C=O) groups excluding carboxylic acids is 2. The Hall–Kier alpha value is -2.75. The van der Waals surface area contributed by atoms with Gasteiger partial charge in [0.15, 0.2) is 11.6 Å².